The monoisotopic (exact) mass is 444 g/mol. The number of anilines is 1. The van der Waals surface area contributed by atoms with E-state index in [1.165, 1.54) is 0 Å². The van der Waals surface area contributed by atoms with Crippen molar-refractivity contribution in [2.24, 2.45) is 0 Å². The van der Waals surface area contributed by atoms with Crippen molar-refractivity contribution in [3.05, 3.63) is 103 Å². The van der Waals surface area contributed by atoms with E-state index in [2.05, 4.69) is 70.6 Å². The van der Waals surface area contributed by atoms with E-state index in [-0.39, 0.29) is 0 Å². The number of pyridine rings is 1. The highest BCUT2D eigenvalue weighted by Gasteiger charge is 2.24. The van der Waals surface area contributed by atoms with Gasteiger partial charge in [0.15, 0.2) is 0 Å². The highest BCUT2D eigenvalue weighted by Crippen LogP contribution is 2.26. The molecule has 1 aromatic heterocycles. The summed E-state index contributed by atoms with van der Waals surface area (Å²) in [6, 6.07) is 20.8. The maximum absolute atomic E-state index is 5.99. The lowest BCUT2D eigenvalue weighted by molar-refractivity contribution is 0.193. The van der Waals surface area contributed by atoms with Gasteiger partial charge in [-0.15, -0.1) is 0 Å². The molecule has 3 aromatic rings. The van der Waals surface area contributed by atoms with Crippen LogP contribution in [0.1, 0.15) is 18.4 Å². The number of benzene rings is 2. The van der Waals surface area contributed by atoms with Gasteiger partial charge in [0.2, 0.25) is 0 Å². The Morgan fingerprint density at radius 3 is 2.22 bits per heavy atom. The van der Waals surface area contributed by atoms with Crippen LogP contribution in [-0.4, -0.2) is 41.0 Å². The Labute approximate surface area is 195 Å². The molecule has 4 rings (SSSR count). The van der Waals surface area contributed by atoms with E-state index in [0.717, 1.165) is 64.8 Å². The summed E-state index contributed by atoms with van der Waals surface area (Å²) < 4.78 is 0. The number of nitrogens with zero attached hydrogens (tertiary/aromatic N) is 3. The summed E-state index contributed by atoms with van der Waals surface area (Å²) in [6.07, 6.45) is 5.80. The summed E-state index contributed by atoms with van der Waals surface area (Å²) in [7, 11) is 2.12. The molecule has 1 aliphatic heterocycles. The fraction of sp³-hybridized carbons (Fsp3) is 0.222. The van der Waals surface area contributed by atoms with Crippen molar-refractivity contribution in [3.63, 3.8) is 0 Å². The van der Waals surface area contributed by atoms with Crippen LogP contribution in [0.3, 0.4) is 0 Å². The van der Waals surface area contributed by atoms with Crippen molar-refractivity contribution < 1.29 is 0 Å². The Hall–Kier alpha value is -3.24. The number of halogens is 1. The van der Waals surface area contributed by atoms with Crippen molar-refractivity contribution in [2.45, 2.75) is 18.9 Å². The van der Waals surface area contributed by atoms with Crippen LogP contribution >= 0.6 is 11.6 Å². The second kappa shape index (κ2) is 9.92. The zero-order chi connectivity index (χ0) is 22.5. The van der Waals surface area contributed by atoms with Crippen LogP contribution in [0.5, 0.6) is 0 Å². The molecule has 0 aliphatic carbocycles. The summed E-state index contributed by atoms with van der Waals surface area (Å²) in [6.45, 7) is 10.5. The van der Waals surface area contributed by atoms with E-state index >= 15 is 0 Å². The Bertz CT molecular complexity index is 1050. The summed E-state index contributed by atoms with van der Waals surface area (Å²) in [5, 5.41) is 4.21. The second-order valence-corrected chi connectivity index (χ2v) is 8.61. The molecule has 164 valence electrons. The first-order valence-corrected chi connectivity index (χ1v) is 11.3. The van der Waals surface area contributed by atoms with Gasteiger partial charge in [0.25, 0.3) is 0 Å². The number of likely N-dealkylation sites (tertiary alicyclic amines) is 1. The van der Waals surface area contributed by atoms with Gasteiger partial charge in [-0.2, -0.15) is 0 Å². The first-order valence-electron chi connectivity index (χ1n) is 10.9. The third-order valence-corrected chi connectivity index (χ3v) is 6.42. The molecule has 0 saturated carbocycles. The van der Waals surface area contributed by atoms with Gasteiger partial charge in [0, 0.05) is 60.5 Å². The number of rotatable bonds is 7. The third kappa shape index (κ3) is 5.14. The summed E-state index contributed by atoms with van der Waals surface area (Å²) in [5.41, 5.74) is 5.48. The molecule has 1 N–H and O–H groups in total. The number of nitrogens with one attached hydrogen (secondary N) is 1. The average molecular weight is 445 g/mol. The maximum atomic E-state index is 5.99. The van der Waals surface area contributed by atoms with Gasteiger partial charge in [0.1, 0.15) is 0 Å². The van der Waals surface area contributed by atoms with Crippen LogP contribution in [0, 0.1) is 0 Å². The molecule has 0 amide bonds. The molecule has 5 heteroatoms. The summed E-state index contributed by atoms with van der Waals surface area (Å²) >= 11 is 5.99. The molecule has 0 radical (unpaired) electrons. The minimum Gasteiger partial charge on any atom is -0.371 e. The Kier molecular flexibility index (Phi) is 6.81. The van der Waals surface area contributed by atoms with Crippen LogP contribution in [0.2, 0.25) is 5.02 Å². The van der Waals surface area contributed by atoms with E-state index in [0.29, 0.717) is 6.04 Å². The molecule has 1 aliphatic rings. The SMILES string of the molecule is C=C(c1cccnc1)N1CCC(N(C)C(=C)Nc2ccc(-c3ccc(Cl)cc3)cc2)CC1. The van der Waals surface area contributed by atoms with Crippen LogP contribution in [0.4, 0.5) is 5.69 Å². The Morgan fingerprint density at radius 2 is 1.62 bits per heavy atom. The van der Waals surface area contributed by atoms with Crippen molar-refractivity contribution in [1.29, 1.82) is 0 Å². The van der Waals surface area contributed by atoms with Crippen LogP contribution < -0.4 is 5.32 Å². The third-order valence-electron chi connectivity index (χ3n) is 6.17. The quantitative estimate of drug-likeness (QED) is 0.460. The number of piperidine rings is 1. The lowest BCUT2D eigenvalue weighted by Crippen LogP contribution is -2.43. The molecule has 2 heterocycles. The van der Waals surface area contributed by atoms with Crippen molar-refractivity contribution in [3.8, 4) is 11.1 Å². The molecular formula is C27H29ClN4. The zero-order valence-electron chi connectivity index (χ0n) is 18.5. The smallest absolute Gasteiger partial charge is 0.0983 e. The maximum Gasteiger partial charge on any atom is 0.0983 e. The summed E-state index contributed by atoms with van der Waals surface area (Å²) in [5.74, 6) is 0.911. The largest absolute Gasteiger partial charge is 0.371 e. The standard InChI is InChI=1S/C27H29ClN4/c1-20(24-5-4-16-29-19-24)32-17-14-27(15-18-32)31(3)21(2)30-26-12-8-23(9-13-26)22-6-10-25(28)11-7-22/h4-13,16,19,27,30H,1-2,14-15,17-18H2,3H3. The van der Waals surface area contributed by atoms with Gasteiger partial charge in [0.05, 0.1) is 5.82 Å². The second-order valence-electron chi connectivity index (χ2n) is 8.17. The molecule has 4 nitrogen and oxygen atoms in total. The van der Waals surface area contributed by atoms with E-state index in [4.69, 9.17) is 11.6 Å². The van der Waals surface area contributed by atoms with Crippen LogP contribution in [0.15, 0.2) is 92.0 Å². The normalized spacial score (nSPS) is 14.1. The van der Waals surface area contributed by atoms with Gasteiger partial charge in [-0.25, -0.2) is 0 Å². The molecule has 2 aromatic carbocycles. The molecule has 1 saturated heterocycles. The fourth-order valence-electron chi connectivity index (χ4n) is 4.10. The minimum absolute atomic E-state index is 0.446. The zero-order valence-corrected chi connectivity index (χ0v) is 19.2. The number of aromatic nitrogens is 1. The van der Waals surface area contributed by atoms with Crippen LogP contribution in [-0.2, 0) is 0 Å². The number of hydrogen-bond donors (Lipinski definition) is 1. The fourth-order valence-corrected chi connectivity index (χ4v) is 4.23. The first kappa shape index (κ1) is 22.0. The molecule has 0 bridgehead atoms. The van der Waals surface area contributed by atoms with E-state index in [1.54, 1.807) is 6.20 Å². The predicted octanol–water partition coefficient (Wildman–Crippen LogP) is 6.35. The Balaban J connectivity index is 1.30. The molecule has 0 unspecified atom stereocenters. The molecule has 0 spiro atoms. The summed E-state index contributed by atoms with van der Waals surface area (Å²) in [4.78, 5) is 8.83. The van der Waals surface area contributed by atoms with Crippen molar-refractivity contribution >= 4 is 23.0 Å². The van der Waals surface area contributed by atoms with Crippen molar-refractivity contribution in [1.82, 2.24) is 14.8 Å². The van der Waals surface area contributed by atoms with Crippen molar-refractivity contribution in [2.75, 3.05) is 25.5 Å². The van der Waals surface area contributed by atoms with E-state index in [1.807, 2.05) is 36.5 Å². The molecule has 32 heavy (non-hydrogen) atoms. The highest BCUT2D eigenvalue weighted by atomic mass is 35.5. The Morgan fingerprint density at radius 1 is 1.00 bits per heavy atom. The predicted molar refractivity (Wildman–Crippen MR) is 135 cm³/mol. The van der Waals surface area contributed by atoms with E-state index < -0.39 is 0 Å². The van der Waals surface area contributed by atoms with Gasteiger partial charge in [-0.3, -0.25) is 4.98 Å². The van der Waals surface area contributed by atoms with Gasteiger partial charge in [-0.1, -0.05) is 49.0 Å². The van der Waals surface area contributed by atoms with Crippen LogP contribution in [0.25, 0.3) is 16.8 Å². The average Bonchev–Trinajstić information content (AvgIpc) is 2.85. The number of hydrogen-bond acceptors (Lipinski definition) is 4. The van der Waals surface area contributed by atoms with Gasteiger partial charge in [-0.05, 0) is 60.4 Å². The van der Waals surface area contributed by atoms with E-state index in [9.17, 15) is 0 Å². The van der Waals surface area contributed by atoms with Gasteiger partial charge < -0.3 is 15.1 Å². The topological polar surface area (TPSA) is 31.4 Å². The molecular weight excluding hydrogens is 416 g/mol. The lowest BCUT2D eigenvalue weighted by Gasteiger charge is -2.40. The molecule has 1 fully saturated rings. The highest BCUT2D eigenvalue weighted by molar-refractivity contribution is 6.30. The lowest BCUT2D eigenvalue weighted by atomic mass is 10.0. The first-order chi connectivity index (χ1) is 15.5. The van der Waals surface area contributed by atoms with Gasteiger partial charge >= 0.3 is 0 Å². The minimum atomic E-state index is 0.446. The molecule has 0 atom stereocenters.